The number of carbonyl (C=O) groups excluding carboxylic acids is 1. The molecule has 0 spiro atoms. The van der Waals surface area contributed by atoms with Crippen molar-refractivity contribution in [2.24, 2.45) is 0 Å². The first-order valence-corrected chi connectivity index (χ1v) is 6.91. The lowest BCUT2D eigenvalue weighted by molar-refractivity contribution is -0.128. The van der Waals surface area contributed by atoms with Gasteiger partial charge in [0.2, 0.25) is 0 Å². The summed E-state index contributed by atoms with van der Waals surface area (Å²) in [4.78, 5) is 11.9. The van der Waals surface area contributed by atoms with Crippen molar-refractivity contribution in [3.63, 3.8) is 0 Å². The smallest absolute Gasteiger partial charge is 0.260 e. The molecular formula is C15H20FNO3. The van der Waals surface area contributed by atoms with Gasteiger partial charge in [0.1, 0.15) is 11.6 Å². The molecule has 0 saturated heterocycles. The van der Waals surface area contributed by atoms with E-state index in [1.54, 1.807) is 6.92 Å². The van der Waals surface area contributed by atoms with Crippen LogP contribution in [0.25, 0.3) is 0 Å². The molecule has 0 radical (unpaired) electrons. The average Bonchev–Trinajstić information content (AvgIpc) is 2.86. The number of hydrogen-bond donors (Lipinski definition) is 2. The van der Waals surface area contributed by atoms with Crippen molar-refractivity contribution in [2.75, 3.05) is 6.54 Å². The van der Waals surface area contributed by atoms with Gasteiger partial charge in [-0.1, -0.05) is 12.8 Å². The SMILES string of the molecule is CC(Oc1ccc(F)cc1)C(=O)NCC1(O)CCCC1. The first kappa shape index (κ1) is 14.8. The second-order valence-corrected chi connectivity index (χ2v) is 5.36. The van der Waals surface area contributed by atoms with E-state index in [0.29, 0.717) is 5.75 Å². The number of aliphatic hydroxyl groups is 1. The van der Waals surface area contributed by atoms with Gasteiger partial charge >= 0.3 is 0 Å². The molecule has 1 unspecified atom stereocenters. The molecule has 1 atom stereocenters. The number of amides is 1. The lowest BCUT2D eigenvalue weighted by Gasteiger charge is -2.23. The molecule has 0 bridgehead atoms. The number of ether oxygens (including phenoxy) is 1. The minimum absolute atomic E-state index is 0.253. The van der Waals surface area contributed by atoms with Crippen LogP contribution in [0, 0.1) is 5.82 Å². The molecule has 2 N–H and O–H groups in total. The molecule has 2 rings (SSSR count). The minimum atomic E-state index is -0.773. The highest BCUT2D eigenvalue weighted by atomic mass is 19.1. The molecule has 1 amide bonds. The van der Waals surface area contributed by atoms with Gasteiger partial charge in [-0.25, -0.2) is 4.39 Å². The van der Waals surface area contributed by atoms with Crippen LogP contribution in [0.3, 0.4) is 0 Å². The number of halogens is 1. The Morgan fingerprint density at radius 3 is 2.60 bits per heavy atom. The van der Waals surface area contributed by atoms with Crippen molar-refractivity contribution in [1.29, 1.82) is 0 Å². The molecule has 1 aromatic rings. The molecule has 0 aromatic heterocycles. The van der Waals surface area contributed by atoms with Crippen molar-refractivity contribution in [1.82, 2.24) is 5.32 Å². The van der Waals surface area contributed by atoms with Gasteiger partial charge in [0.25, 0.3) is 5.91 Å². The van der Waals surface area contributed by atoms with Crippen molar-refractivity contribution in [2.45, 2.75) is 44.3 Å². The third-order valence-electron chi connectivity index (χ3n) is 3.62. The van der Waals surface area contributed by atoms with E-state index < -0.39 is 11.7 Å². The van der Waals surface area contributed by atoms with E-state index in [0.717, 1.165) is 25.7 Å². The van der Waals surface area contributed by atoms with Crippen molar-refractivity contribution in [3.05, 3.63) is 30.1 Å². The van der Waals surface area contributed by atoms with E-state index in [-0.39, 0.29) is 18.3 Å². The van der Waals surface area contributed by atoms with Gasteiger partial charge in [-0.2, -0.15) is 0 Å². The van der Waals surface area contributed by atoms with Crippen LogP contribution in [-0.4, -0.2) is 29.3 Å². The van der Waals surface area contributed by atoms with E-state index >= 15 is 0 Å². The standard InChI is InChI=1S/C15H20FNO3/c1-11(20-13-6-4-12(16)5-7-13)14(18)17-10-15(19)8-2-3-9-15/h4-7,11,19H,2-3,8-10H2,1H3,(H,17,18). The number of hydrogen-bond acceptors (Lipinski definition) is 3. The number of carbonyl (C=O) groups is 1. The zero-order valence-corrected chi connectivity index (χ0v) is 11.6. The maximum atomic E-state index is 12.8. The summed E-state index contributed by atoms with van der Waals surface area (Å²) in [7, 11) is 0. The molecule has 1 aliphatic carbocycles. The van der Waals surface area contributed by atoms with E-state index in [9.17, 15) is 14.3 Å². The second kappa shape index (κ2) is 6.22. The van der Waals surface area contributed by atoms with Crippen LogP contribution >= 0.6 is 0 Å². The average molecular weight is 281 g/mol. The lowest BCUT2D eigenvalue weighted by atomic mass is 10.0. The minimum Gasteiger partial charge on any atom is -0.481 e. The number of benzene rings is 1. The van der Waals surface area contributed by atoms with Crippen LogP contribution in [0.15, 0.2) is 24.3 Å². The highest BCUT2D eigenvalue weighted by Crippen LogP contribution is 2.28. The maximum absolute atomic E-state index is 12.8. The van der Waals surface area contributed by atoms with Crippen LogP contribution in [0.5, 0.6) is 5.75 Å². The largest absolute Gasteiger partial charge is 0.481 e. The van der Waals surface area contributed by atoms with Gasteiger partial charge in [0.15, 0.2) is 6.10 Å². The van der Waals surface area contributed by atoms with E-state index in [1.807, 2.05) is 0 Å². The van der Waals surface area contributed by atoms with E-state index in [4.69, 9.17) is 4.74 Å². The Bertz CT molecular complexity index is 455. The van der Waals surface area contributed by atoms with E-state index in [1.165, 1.54) is 24.3 Å². The third kappa shape index (κ3) is 3.93. The van der Waals surface area contributed by atoms with Crippen LogP contribution < -0.4 is 10.1 Å². The fourth-order valence-electron chi connectivity index (χ4n) is 2.38. The predicted molar refractivity (Wildman–Crippen MR) is 72.9 cm³/mol. The van der Waals surface area contributed by atoms with Crippen LogP contribution in [0.4, 0.5) is 4.39 Å². The first-order valence-electron chi connectivity index (χ1n) is 6.91. The second-order valence-electron chi connectivity index (χ2n) is 5.36. The zero-order valence-electron chi connectivity index (χ0n) is 11.6. The monoisotopic (exact) mass is 281 g/mol. The molecular weight excluding hydrogens is 261 g/mol. The van der Waals surface area contributed by atoms with Gasteiger partial charge in [0, 0.05) is 6.54 Å². The molecule has 1 aliphatic rings. The number of rotatable bonds is 5. The molecule has 4 nitrogen and oxygen atoms in total. The quantitative estimate of drug-likeness (QED) is 0.868. The molecule has 0 aliphatic heterocycles. The molecule has 1 fully saturated rings. The summed E-state index contributed by atoms with van der Waals surface area (Å²) in [6, 6.07) is 5.51. The zero-order chi connectivity index (χ0) is 14.6. The Balaban J connectivity index is 1.81. The lowest BCUT2D eigenvalue weighted by Crippen LogP contribution is -2.45. The van der Waals surface area contributed by atoms with Gasteiger partial charge in [-0.3, -0.25) is 4.79 Å². The molecule has 5 heteroatoms. The van der Waals surface area contributed by atoms with Crippen LogP contribution in [0.1, 0.15) is 32.6 Å². The molecule has 20 heavy (non-hydrogen) atoms. The maximum Gasteiger partial charge on any atom is 0.260 e. The Morgan fingerprint density at radius 1 is 1.40 bits per heavy atom. The van der Waals surface area contributed by atoms with Gasteiger partial charge < -0.3 is 15.2 Å². The summed E-state index contributed by atoms with van der Waals surface area (Å²) in [5.74, 6) is -0.193. The Kier molecular flexibility index (Phi) is 4.60. The fourth-order valence-corrected chi connectivity index (χ4v) is 2.38. The summed E-state index contributed by atoms with van der Waals surface area (Å²) < 4.78 is 18.2. The Hall–Kier alpha value is -1.62. The number of nitrogens with one attached hydrogen (secondary N) is 1. The fraction of sp³-hybridized carbons (Fsp3) is 0.533. The highest BCUT2D eigenvalue weighted by Gasteiger charge is 2.31. The Labute approximate surface area is 117 Å². The van der Waals surface area contributed by atoms with E-state index in [2.05, 4.69) is 5.32 Å². The molecule has 110 valence electrons. The molecule has 0 heterocycles. The normalized spacial score (nSPS) is 18.6. The van der Waals surface area contributed by atoms with Crippen molar-refractivity contribution in [3.8, 4) is 5.75 Å². The summed E-state index contributed by atoms with van der Waals surface area (Å²) in [6.45, 7) is 1.88. The van der Waals surface area contributed by atoms with Gasteiger partial charge in [-0.05, 0) is 44.0 Å². The predicted octanol–water partition coefficient (Wildman–Crippen LogP) is 2.01. The topological polar surface area (TPSA) is 58.6 Å². The summed E-state index contributed by atoms with van der Waals surface area (Å²) >= 11 is 0. The third-order valence-corrected chi connectivity index (χ3v) is 3.62. The molecule has 1 aromatic carbocycles. The summed E-state index contributed by atoms with van der Waals surface area (Å²) in [5, 5.41) is 12.9. The van der Waals surface area contributed by atoms with Crippen molar-refractivity contribution >= 4 is 5.91 Å². The van der Waals surface area contributed by atoms with Gasteiger partial charge in [-0.15, -0.1) is 0 Å². The highest BCUT2D eigenvalue weighted by molar-refractivity contribution is 5.80. The Morgan fingerprint density at radius 2 is 2.00 bits per heavy atom. The van der Waals surface area contributed by atoms with Crippen LogP contribution in [-0.2, 0) is 4.79 Å². The summed E-state index contributed by atoms with van der Waals surface area (Å²) in [5.41, 5.74) is -0.773. The van der Waals surface area contributed by atoms with Gasteiger partial charge in [0.05, 0.1) is 5.60 Å². The first-order chi connectivity index (χ1) is 9.48. The van der Waals surface area contributed by atoms with Crippen molar-refractivity contribution < 1.29 is 19.0 Å². The van der Waals surface area contributed by atoms with Crippen LogP contribution in [0.2, 0.25) is 0 Å². The molecule has 1 saturated carbocycles. The summed E-state index contributed by atoms with van der Waals surface area (Å²) in [6.07, 6.45) is 2.74.